The molecule has 0 unspecified atom stereocenters. The molecule has 0 aliphatic carbocycles. The van der Waals surface area contributed by atoms with Gasteiger partial charge in [-0.25, -0.2) is 4.79 Å². The fourth-order valence-electron chi connectivity index (χ4n) is 2.08. The monoisotopic (exact) mass is 316 g/mol. The number of carbonyl (C=O) groups excluding carboxylic acids is 2. The highest BCUT2D eigenvalue weighted by Gasteiger charge is 2.24. The van der Waals surface area contributed by atoms with Crippen molar-refractivity contribution in [1.82, 2.24) is 10.5 Å². The van der Waals surface area contributed by atoms with Crippen LogP contribution in [-0.2, 0) is 16.0 Å². The molecule has 0 spiro atoms. The number of methoxy groups -OCH3 is 1. The van der Waals surface area contributed by atoms with Crippen LogP contribution in [0.2, 0.25) is 0 Å². The van der Waals surface area contributed by atoms with E-state index in [4.69, 9.17) is 9.26 Å². The molecule has 23 heavy (non-hydrogen) atoms. The van der Waals surface area contributed by atoms with Gasteiger partial charge in [0.1, 0.15) is 6.04 Å². The topological polar surface area (TPSA) is 81.4 Å². The molecule has 0 aliphatic heterocycles. The number of esters is 1. The first-order chi connectivity index (χ1) is 11.0. The number of carbonyl (C=O) groups is 2. The van der Waals surface area contributed by atoms with Gasteiger partial charge in [-0.1, -0.05) is 49.3 Å². The number of nitrogens with zero attached hydrogens (tertiary/aromatic N) is 1. The predicted molar refractivity (Wildman–Crippen MR) is 84.0 cm³/mol. The third-order valence-electron chi connectivity index (χ3n) is 3.42. The van der Waals surface area contributed by atoms with Gasteiger partial charge in [-0.05, 0) is 11.5 Å². The molecular weight excluding hydrogens is 296 g/mol. The Morgan fingerprint density at radius 2 is 1.96 bits per heavy atom. The van der Waals surface area contributed by atoms with Gasteiger partial charge in [0.2, 0.25) is 5.76 Å². The molecule has 1 amide bonds. The van der Waals surface area contributed by atoms with Crippen LogP contribution in [0.4, 0.5) is 0 Å². The van der Waals surface area contributed by atoms with Crippen molar-refractivity contribution in [2.75, 3.05) is 7.11 Å². The van der Waals surface area contributed by atoms with Crippen LogP contribution in [0.5, 0.6) is 0 Å². The zero-order valence-corrected chi connectivity index (χ0v) is 13.4. The normalized spacial score (nSPS) is 12.0. The van der Waals surface area contributed by atoms with Gasteiger partial charge in [0.05, 0.1) is 12.8 Å². The van der Waals surface area contributed by atoms with E-state index in [-0.39, 0.29) is 11.7 Å². The Labute approximate surface area is 134 Å². The lowest BCUT2D eigenvalue weighted by Gasteiger charge is -2.15. The van der Waals surface area contributed by atoms with Crippen LogP contribution in [0.1, 0.15) is 41.6 Å². The lowest BCUT2D eigenvalue weighted by Crippen LogP contribution is -2.43. The van der Waals surface area contributed by atoms with Crippen molar-refractivity contribution in [2.24, 2.45) is 0 Å². The summed E-state index contributed by atoms with van der Waals surface area (Å²) in [5, 5.41) is 6.48. The number of amides is 1. The summed E-state index contributed by atoms with van der Waals surface area (Å²) < 4.78 is 9.80. The fraction of sp³-hybridized carbons (Fsp3) is 0.353. The van der Waals surface area contributed by atoms with Crippen LogP contribution in [0.25, 0.3) is 0 Å². The molecule has 1 aromatic carbocycles. The molecule has 1 atom stereocenters. The molecule has 1 heterocycles. The van der Waals surface area contributed by atoms with E-state index in [0.29, 0.717) is 12.1 Å². The van der Waals surface area contributed by atoms with Crippen molar-refractivity contribution in [3.8, 4) is 0 Å². The number of rotatable bonds is 6. The van der Waals surface area contributed by atoms with Crippen molar-refractivity contribution in [2.45, 2.75) is 32.2 Å². The van der Waals surface area contributed by atoms with E-state index >= 15 is 0 Å². The number of benzene rings is 1. The molecule has 2 rings (SSSR count). The number of hydrogen-bond acceptors (Lipinski definition) is 5. The lowest BCUT2D eigenvalue weighted by molar-refractivity contribution is -0.142. The van der Waals surface area contributed by atoms with Crippen LogP contribution < -0.4 is 5.32 Å². The first-order valence-corrected chi connectivity index (χ1v) is 7.40. The van der Waals surface area contributed by atoms with Crippen molar-refractivity contribution in [3.63, 3.8) is 0 Å². The Hall–Kier alpha value is -2.63. The fourth-order valence-corrected chi connectivity index (χ4v) is 2.08. The Morgan fingerprint density at radius 3 is 2.52 bits per heavy atom. The second kappa shape index (κ2) is 7.58. The summed E-state index contributed by atoms with van der Waals surface area (Å²) in [6.07, 6.45) is 0.338. The van der Waals surface area contributed by atoms with Crippen molar-refractivity contribution in [1.29, 1.82) is 0 Å². The zero-order chi connectivity index (χ0) is 16.8. The molecule has 2 aromatic rings. The minimum atomic E-state index is -0.789. The number of nitrogens with one attached hydrogen (secondary N) is 1. The lowest BCUT2D eigenvalue weighted by atomic mass is 10.1. The highest BCUT2D eigenvalue weighted by molar-refractivity contribution is 5.94. The largest absolute Gasteiger partial charge is 0.467 e. The summed E-state index contributed by atoms with van der Waals surface area (Å²) >= 11 is 0. The van der Waals surface area contributed by atoms with Gasteiger partial charge >= 0.3 is 5.97 Å². The molecular formula is C17H20N2O4. The maximum atomic E-state index is 12.2. The molecule has 6 nitrogen and oxygen atoms in total. The van der Waals surface area contributed by atoms with Crippen LogP contribution in [0, 0.1) is 0 Å². The first-order valence-electron chi connectivity index (χ1n) is 7.40. The molecule has 1 aromatic heterocycles. The molecule has 0 aliphatic rings. The average molecular weight is 316 g/mol. The molecule has 0 saturated heterocycles. The summed E-state index contributed by atoms with van der Waals surface area (Å²) in [6.45, 7) is 3.90. The van der Waals surface area contributed by atoms with E-state index in [1.165, 1.54) is 7.11 Å². The Morgan fingerprint density at radius 1 is 1.26 bits per heavy atom. The summed E-state index contributed by atoms with van der Waals surface area (Å²) in [4.78, 5) is 24.2. The summed E-state index contributed by atoms with van der Waals surface area (Å²) in [7, 11) is 1.29. The van der Waals surface area contributed by atoms with E-state index in [1.54, 1.807) is 6.07 Å². The van der Waals surface area contributed by atoms with Gasteiger partial charge in [-0.2, -0.15) is 0 Å². The molecule has 0 radical (unpaired) electrons. The molecule has 6 heteroatoms. The first kappa shape index (κ1) is 16.7. The number of ether oxygens (including phenoxy) is 1. The van der Waals surface area contributed by atoms with Crippen LogP contribution in [-0.4, -0.2) is 30.2 Å². The Kier molecular flexibility index (Phi) is 5.51. The molecule has 0 saturated carbocycles. The van der Waals surface area contributed by atoms with E-state index in [9.17, 15) is 9.59 Å². The summed E-state index contributed by atoms with van der Waals surface area (Å²) in [5.41, 5.74) is 1.61. The minimum Gasteiger partial charge on any atom is -0.467 e. The van der Waals surface area contributed by atoms with Crippen LogP contribution >= 0.6 is 0 Å². The maximum Gasteiger partial charge on any atom is 0.328 e. The summed E-state index contributed by atoms with van der Waals surface area (Å²) in [5.74, 6) is -0.766. The van der Waals surface area contributed by atoms with Gasteiger partial charge < -0.3 is 14.6 Å². The van der Waals surface area contributed by atoms with E-state index < -0.39 is 17.9 Å². The molecule has 0 bridgehead atoms. The second-order valence-electron chi connectivity index (χ2n) is 5.51. The van der Waals surface area contributed by atoms with Crippen molar-refractivity contribution in [3.05, 3.63) is 53.4 Å². The Balaban J connectivity index is 2.10. The quantitative estimate of drug-likeness (QED) is 0.827. The SMILES string of the molecule is COC(=O)[C@@H](Cc1ccccc1)NC(=O)c1cc(C(C)C)no1. The third kappa shape index (κ3) is 4.42. The smallest absolute Gasteiger partial charge is 0.328 e. The molecule has 0 fully saturated rings. The standard InChI is InChI=1S/C17H20N2O4/c1-11(2)13-10-15(23-19-13)16(20)18-14(17(21)22-3)9-12-7-5-4-6-8-12/h4-8,10-11,14H,9H2,1-3H3,(H,18,20)/t14-/m1/s1. The van der Waals surface area contributed by atoms with Crippen LogP contribution in [0.3, 0.4) is 0 Å². The van der Waals surface area contributed by atoms with Crippen LogP contribution in [0.15, 0.2) is 40.9 Å². The predicted octanol–water partition coefficient (Wildman–Crippen LogP) is 2.31. The summed E-state index contributed by atoms with van der Waals surface area (Å²) in [6, 6.07) is 10.2. The number of aromatic nitrogens is 1. The van der Waals surface area contributed by atoms with E-state index in [0.717, 1.165) is 5.56 Å². The van der Waals surface area contributed by atoms with Gasteiger partial charge in [0.25, 0.3) is 5.91 Å². The average Bonchev–Trinajstić information content (AvgIpc) is 3.05. The molecule has 1 N–H and O–H groups in total. The van der Waals surface area contributed by atoms with Crippen molar-refractivity contribution >= 4 is 11.9 Å². The van der Waals surface area contributed by atoms with E-state index in [2.05, 4.69) is 10.5 Å². The third-order valence-corrected chi connectivity index (χ3v) is 3.42. The minimum absolute atomic E-state index is 0.0793. The van der Waals surface area contributed by atoms with Gasteiger partial charge in [-0.15, -0.1) is 0 Å². The van der Waals surface area contributed by atoms with Crippen molar-refractivity contribution < 1.29 is 18.8 Å². The van der Waals surface area contributed by atoms with Gasteiger partial charge in [-0.3, -0.25) is 4.79 Å². The Bertz CT molecular complexity index is 664. The van der Waals surface area contributed by atoms with E-state index in [1.807, 2.05) is 44.2 Å². The van der Waals surface area contributed by atoms with Gasteiger partial charge in [0.15, 0.2) is 0 Å². The highest BCUT2D eigenvalue weighted by atomic mass is 16.5. The highest BCUT2D eigenvalue weighted by Crippen LogP contribution is 2.14. The van der Waals surface area contributed by atoms with Gasteiger partial charge in [0, 0.05) is 12.5 Å². The maximum absolute atomic E-state index is 12.2. The second-order valence-corrected chi connectivity index (χ2v) is 5.51. The molecule has 122 valence electrons. The zero-order valence-electron chi connectivity index (χ0n) is 13.4. The number of hydrogen-bond donors (Lipinski definition) is 1.